The Morgan fingerprint density at radius 3 is 2.45 bits per heavy atom. The molecule has 0 spiro atoms. The Morgan fingerprint density at radius 1 is 1.18 bits per heavy atom. The Kier molecular flexibility index (Phi) is 6.76. The van der Waals surface area contributed by atoms with Gasteiger partial charge in [0.25, 0.3) is 0 Å². The van der Waals surface area contributed by atoms with Gasteiger partial charge in [0.05, 0.1) is 6.10 Å². The highest BCUT2D eigenvalue weighted by Crippen LogP contribution is 2.41. The number of hydrogen-bond donors (Lipinski definition) is 1. The molecule has 2 nitrogen and oxygen atoms in total. The molecule has 0 saturated carbocycles. The smallest absolute Gasteiger partial charge is 0.143 e. The van der Waals surface area contributed by atoms with E-state index in [1.807, 2.05) is 32.1 Å². The first-order chi connectivity index (χ1) is 10.3. The Bertz CT molecular complexity index is 554. The van der Waals surface area contributed by atoms with Crippen LogP contribution in [0.2, 0.25) is 0 Å². The summed E-state index contributed by atoms with van der Waals surface area (Å²) < 4.78 is 0. The summed E-state index contributed by atoms with van der Waals surface area (Å²) in [5, 5.41) is 10.2. The molecular weight excluding hydrogens is 272 g/mol. The molecule has 2 heteroatoms. The summed E-state index contributed by atoms with van der Waals surface area (Å²) in [6, 6.07) is 0. The molecular formula is C20H28O2. The second-order valence-corrected chi connectivity index (χ2v) is 6.62. The molecule has 0 aliphatic heterocycles. The fourth-order valence-corrected chi connectivity index (χ4v) is 2.72. The summed E-state index contributed by atoms with van der Waals surface area (Å²) >= 11 is 0. The van der Waals surface area contributed by atoms with E-state index < -0.39 is 0 Å². The molecule has 0 aromatic carbocycles. The van der Waals surface area contributed by atoms with E-state index in [0.29, 0.717) is 0 Å². The van der Waals surface area contributed by atoms with Crippen LogP contribution in [0, 0.1) is 5.41 Å². The van der Waals surface area contributed by atoms with Crippen molar-refractivity contribution in [3.05, 3.63) is 58.7 Å². The zero-order chi connectivity index (χ0) is 16.8. The van der Waals surface area contributed by atoms with Crippen LogP contribution >= 0.6 is 0 Å². The molecule has 0 amide bonds. The molecule has 0 aromatic heterocycles. The Labute approximate surface area is 134 Å². The first kappa shape index (κ1) is 18.4. The fourth-order valence-electron chi connectivity index (χ4n) is 2.72. The minimum Gasteiger partial charge on any atom is -0.392 e. The second-order valence-electron chi connectivity index (χ2n) is 6.62. The number of aldehydes is 1. The van der Waals surface area contributed by atoms with E-state index in [9.17, 15) is 9.90 Å². The van der Waals surface area contributed by atoms with E-state index in [0.717, 1.165) is 30.3 Å². The largest absolute Gasteiger partial charge is 0.392 e. The molecule has 0 saturated heterocycles. The quantitative estimate of drug-likeness (QED) is 0.454. The molecule has 1 aliphatic carbocycles. The van der Waals surface area contributed by atoms with Crippen LogP contribution in [0.25, 0.3) is 0 Å². The maximum atomic E-state index is 10.3. The topological polar surface area (TPSA) is 37.3 Å². The van der Waals surface area contributed by atoms with E-state index >= 15 is 0 Å². The van der Waals surface area contributed by atoms with E-state index in [4.69, 9.17) is 0 Å². The number of aliphatic hydroxyl groups excluding tert-OH is 1. The van der Waals surface area contributed by atoms with Crippen LogP contribution in [0.3, 0.4) is 0 Å². The number of carbonyl (C=O) groups is 1. The van der Waals surface area contributed by atoms with Gasteiger partial charge in [-0.3, -0.25) is 4.79 Å². The molecule has 0 heterocycles. The third-order valence-corrected chi connectivity index (χ3v) is 4.34. The van der Waals surface area contributed by atoms with Crippen molar-refractivity contribution in [3.63, 3.8) is 0 Å². The van der Waals surface area contributed by atoms with Gasteiger partial charge in [-0.25, -0.2) is 0 Å². The van der Waals surface area contributed by atoms with Crippen LogP contribution in [0.1, 0.15) is 47.5 Å². The van der Waals surface area contributed by atoms with Gasteiger partial charge in [0.15, 0.2) is 0 Å². The van der Waals surface area contributed by atoms with Gasteiger partial charge >= 0.3 is 0 Å². The van der Waals surface area contributed by atoms with Gasteiger partial charge in [-0.15, -0.1) is 0 Å². The van der Waals surface area contributed by atoms with Crippen LogP contribution in [-0.2, 0) is 4.79 Å². The number of hydrogen-bond acceptors (Lipinski definition) is 2. The third-order valence-electron chi connectivity index (χ3n) is 4.34. The number of aliphatic hydroxyl groups is 1. The third kappa shape index (κ3) is 4.96. The van der Waals surface area contributed by atoms with Gasteiger partial charge in [0.1, 0.15) is 6.29 Å². The average Bonchev–Trinajstić information content (AvgIpc) is 2.43. The molecule has 0 aromatic rings. The van der Waals surface area contributed by atoms with Crippen molar-refractivity contribution in [1.82, 2.24) is 0 Å². The Morgan fingerprint density at radius 2 is 1.82 bits per heavy atom. The predicted octanol–water partition coefficient (Wildman–Crippen LogP) is 4.69. The van der Waals surface area contributed by atoms with Gasteiger partial charge < -0.3 is 5.11 Å². The van der Waals surface area contributed by atoms with Gasteiger partial charge in [-0.05, 0) is 50.8 Å². The zero-order valence-corrected chi connectivity index (χ0v) is 14.4. The number of rotatable bonds is 5. The molecule has 0 radical (unpaired) electrons. The summed E-state index contributed by atoms with van der Waals surface area (Å²) in [5.74, 6) is 0. The monoisotopic (exact) mass is 300 g/mol. The highest BCUT2D eigenvalue weighted by atomic mass is 16.3. The highest BCUT2D eigenvalue weighted by Gasteiger charge is 2.34. The van der Waals surface area contributed by atoms with E-state index in [1.54, 1.807) is 0 Å². The van der Waals surface area contributed by atoms with Crippen molar-refractivity contribution < 1.29 is 9.90 Å². The normalized spacial score (nSPS) is 23.6. The van der Waals surface area contributed by atoms with Crippen LogP contribution in [0.4, 0.5) is 0 Å². The first-order valence-corrected chi connectivity index (χ1v) is 7.82. The van der Waals surface area contributed by atoms with Crippen LogP contribution in [0.5, 0.6) is 0 Å². The SMILES string of the molecule is CC1=C(/C=C/C(C)=C/C=C/C(C)=C\C=O)C(C)(C)C(O)CC1. The van der Waals surface area contributed by atoms with Crippen molar-refractivity contribution in [2.24, 2.45) is 5.41 Å². The Balaban J connectivity index is 2.86. The van der Waals surface area contributed by atoms with Crippen LogP contribution in [0.15, 0.2) is 58.7 Å². The highest BCUT2D eigenvalue weighted by molar-refractivity contribution is 5.66. The molecule has 22 heavy (non-hydrogen) atoms. The minimum absolute atomic E-state index is 0.196. The lowest BCUT2D eigenvalue weighted by atomic mass is 9.70. The van der Waals surface area contributed by atoms with Crippen molar-refractivity contribution in [2.45, 2.75) is 53.6 Å². The maximum absolute atomic E-state index is 10.3. The summed E-state index contributed by atoms with van der Waals surface area (Å²) in [5.41, 5.74) is 4.46. The van der Waals surface area contributed by atoms with Gasteiger partial charge in [0.2, 0.25) is 0 Å². The van der Waals surface area contributed by atoms with Gasteiger partial charge in [-0.1, -0.05) is 55.4 Å². The first-order valence-electron chi connectivity index (χ1n) is 7.82. The van der Waals surface area contributed by atoms with Crippen LogP contribution in [-0.4, -0.2) is 17.5 Å². The molecule has 1 atom stereocenters. The van der Waals surface area contributed by atoms with Crippen molar-refractivity contribution in [1.29, 1.82) is 0 Å². The predicted molar refractivity (Wildman–Crippen MR) is 93.6 cm³/mol. The molecule has 1 N–H and O–H groups in total. The fraction of sp³-hybridized carbons (Fsp3) is 0.450. The molecule has 0 fully saturated rings. The van der Waals surface area contributed by atoms with E-state index in [1.165, 1.54) is 17.2 Å². The van der Waals surface area contributed by atoms with Crippen molar-refractivity contribution in [3.8, 4) is 0 Å². The number of allylic oxidation sites excluding steroid dienone is 9. The average molecular weight is 300 g/mol. The van der Waals surface area contributed by atoms with E-state index in [2.05, 4.69) is 32.9 Å². The van der Waals surface area contributed by atoms with Gasteiger partial charge in [-0.2, -0.15) is 0 Å². The summed E-state index contributed by atoms with van der Waals surface area (Å²) in [6.07, 6.45) is 13.9. The second kappa shape index (κ2) is 8.09. The summed E-state index contributed by atoms with van der Waals surface area (Å²) in [6.45, 7) is 10.3. The molecule has 120 valence electrons. The van der Waals surface area contributed by atoms with Crippen molar-refractivity contribution >= 4 is 6.29 Å². The number of carbonyl (C=O) groups excluding carboxylic acids is 1. The standard InChI is InChI=1S/C20H28O2/c1-15(7-6-8-16(2)13-14-21)9-11-18-17(3)10-12-19(22)20(18,4)5/h6-9,11,13-14,19,22H,10,12H2,1-5H3/b8-6+,11-9+,15-7+,16-13-. The lowest BCUT2D eigenvalue weighted by Crippen LogP contribution is -2.34. The minimum atomic E-state index is -0.281. The molecule has 1 aliphatic rings. The van der Waals surface area contributed by atoms with E-state index in [-0.39, 0.29) is 11.5 Å². The lowest BCUT2D eigenvalue weighted by molar-refractivity contribution is -0.104. The lowest BCUT2D eigenvalue weighted by Gasteiger charge is -2.37. The van der Waals surface area contributed by atoms with Crippen molar-refractivity contribution in [2.75, 3.05) is 0 Å². The summed E-state index contributed by atoms with van der Waals surface area (Å²) in [7, 11) is 0. The maximum Gasteiger partial charge on any atom is 0.143 e. The van der Waals surface area contributed by atoms with Crippen LogP contribution < -0.4 is 0 Å². The molecule has 1 unspecified atom stereocenters. The zero-order valence-electron chi connectivity index (χ0n) is 14.4. The molecule has 0 bridgehead atoms. The summed E-state index contributed by atoms with van der Waals surface area (Å²) in [4.78, 5) is 10.3. The van der Waals surface area contributed by atoms with Gasteiger partial charge in [0, 0.05) is 5.41 Å². The molecule has 1 rings (SSSR count). The Hall–Kier alpha value is -1.67.